The average Bonchev–Trinajstić information content (AvgIpc) is 2.98. The topological polar surface area (TPSA) is 103 Å². The van der Waals surface area contributed by atoms with Gasteiger partial charge in [0.1, 0.15) is 11.0 Å². The molecule has 1 heterocycles. The fourth-order valence-corrected chi connectivity index (χ4v) is 3.27. The van der Waals surface area contributed by atoms with Crippen molar-refractivity contribution >= 4 is 40.6 Å². The largest absolute Gasteiger partial charge is 0.507 e. The number of anilines is 1. The maximum atomic E-state index is 12.1. The maximum Gasteiger partial charge on any atom is 0.240 e. The van der Waals surface area contributed by atoms with Crippen LogP contribution in [0, 0.1) is 6.92 Å². The molecule has 1 fully saturated rings. The Hall–Kier alpha value is -3.13. The average molecular weight is 382 g/mol. The van der Waals surface area contributed by atoms with Crippen LogP contribution in [0.15, 0.2) is 58.7 Å². The Bertz CT molecular complexity index is 909. The van der Waals surface area contributed by atoms with Gasteiger partial charge in [0.15, 0.2) is 5.17 Å². The van der Waals surface area contributed by atoms with E-state index in [0.717, 1.165) is 17.3 Å². The lowest BCUT2D eigenvalue weighted by atomic mass is 10.2. The number of rotatable bonds is 5. The van der Waals surface area contributed by atoms with Gasteiger partial charge < -0.3 is 15.7 Å². The van der Waals surface area contributed by atoms with Gasteiger partial charge in [-0.25, -0.2) is 0 Å². The molecule has 2 aromatic rings. The lowest BCUT2D eigenvalue weighted by Crippen LogP contribution is -2.28. The molecule has 0 aromatic heterocycles. The zero-order chi connectivity index (χ0) is 19.2. The number of benzene rings is 2. The molecule has 2 amide bonds. The molecule has 0 saturated carbocycles. The number of nitrogens with zero attached hydrogens (tertiary/aromatic N) is 2. The lowest BCUT2D eigenvalue weighted by Gasteiger charge is -2.07. The monoisotopic (exact) mass is 382 g/mol. The van der Waals surface area contributed by atoms with Crippen LogP contribution >= 0.6 is 11.8 Å². The van der Waals surface area contributed by atoms with Crippen LogP contribution in [-0.2, 0) is 9.59 Å². The van der Waals surface area contributed by atoms with Crippen LogP contribution < -0.4 is 10.6 Å². The number of carbonyl (C=O) groups is 2. The molecule has 1 aliphatic heterocycles. The maximum absolute atomic E-state index is 12.1. The number of amidine groups is 1. The molecule has 3 rings (SSSR count). The molecule has 3 N–H and O–H groups in total. The van der Waals surface area contributed by atoms with Gasteiger partial charge in [-0.15, -0.1) is 5.10 Å². The van der Waals surface area contributed by atoms with Crippen LogP contribution in [0.3, 0.4) is 0 Å². The fourth-order valence-electron chi connectivity index (χ4n) is 2.34. The smallest absolute Gasteiger partial charge is 0.240 e. The van der Waals surface area contributed by atoms with Crippen LogP contribution in [0.1, 0.15) is 17.5 Å². The molecule has 7 nitrogen and oxygen atoms in total. The van der Waals surface area contributed by atoms with Crippen LogP contribution in [0.25, 0.3) is 0 Å². The number of phenols is 1. The summed E-state index contributed by atoms with van der Waals surface area (Å²) in [6.07, 6.45) is 1.43. The van der Waals surface area contributed by atoms with Gasteiger partial charge in [-0.05, 0) is 31.2 Å². The number of para-hydroxylation sites is 1. The number of nitrogens with one attached hydrogen (secondary N) is 2. The number of aryl methyl sites for hydroxylation is 1. The van der Waals surface area contributed by atoms with Gasteiger partial charge in [-0.2, -0.15) is 5.10 Å². The third kappa shape index (κ3) is 5.18. The van der Waals surface area contributed by atoms with E-state index in [2.05, 4.69) is 20.8 Å². The molecule has 0 spiro atoms. The zero-order valence-electron chi connectivity index (χ0n) is 14.5. The number of carbonyl (C=O) groups excluding carboxylic acids is 2. The standard InChI is InChI=1S/C19H18N4O3S/c1-12-6-8-14(9-7-12)21-17(25)10-16-18(26)22-19(27-16)23-20-11-13-4-2-3-5-15(13)24/h2-9,11,16,24H,10H2,1H3,(H,21,25)(H,22,23,26)/b20-11+/t16-/m0/s1. The van der Waals surface area contributed by atoms with E-state index in [4.69, 9.17) is 0 Å². The van der Waals surface area contributed by atoms with E-state index in [-0.39, 0.29) is 24.0 Å². The highest BCUT2D eigenvalue weighted by atomic mass is 32.2. The number of hydrogen-bond acceptors (Lipinski definition) is 6. The summed E-state index contributed by atoms with van der Waals surface area (Å²) in [5.74, 6) is -0.434. The van der Waals surface area contributed by atoms with Gasteiger partial charge in [0.25, 0.3) is 0 Å². The Morgan fingerprint density at radius 3 is 2.74 bits per heavy atom. The molecule has 1 saturated heterocycles. The molecule has 0 aliphatic carbocycles. The van der Waals surface area contributed by atoms with E-state index in [9.17, 15) is 14.7 Å². The molecule has 2 aromatic carbocycles. The lowest BCUT2D eigenvalue weighted by molar-refractivity contribution is -0.122. The second-order valence-corrected chi connectivity index (χ2v) is 7.11. The van der Waals surface area contributed by atoms with Gasteiger partial charge in [-0.1, -0.05) is 41.6 Å². The number of aromatic hydroxyl groups is 1. The SMILES string of the molecule is Cc1ccc(NC(=O)C[C@@H]2S/C(=N/N=C/c3ccccc3O)NC2=O)cc1. The van der Waals surface area contributed by atoms with E-state index in [0.29, 0.717) is 16.4 Å². The highest BCUT2D eigenvalue weighted by molar-refractivity contribution is 8.15. The summed E-state index contributed by atoms with van der Waals surface area (Å²) in [6.45, 7) is 1.97. The highest BCUT2D eigenvalue weighted by Gasteiger charge is 2.32. The van der Waals surface area contributed by atoms with E-state index in [1.165, 1.54) is 6.21 Å². The fraction of sp³-hybridized carbons (Fsp3) is 0.158. The van der Waals surface area contributed by atoms with Crippen molar-refractivity contribution in [2.75, 3.05) is 5.32 Å². The minimum atomic E-state index is -0.561. The minimum absolute atomic E-state index is 0.0343. The van der Waals surface area contributed by atoms with Crippen molar-refractivity contribution in [2.24, 2.45) is 10.2 Å². The number of phenolic OH excluding ortho intramolecular Hbond substituents is 1. The molecule has 8 heteroatoms. The van der Waals surface area contributed by atoms with Crippen molar-refractivity contribution in [1.29, 1.82) is 0 Å². The van der Waals surface area contributed by atoms with Crippen LogP contribution in [0.2, 0.25) is 0 Å². The van der Waals surface area contributed by atoms with Crippen molar-refractivity contribution in [3.05, 3.63) is 59.7 Å². The number of hydrogen-bond donors (Lipinski definition) is 3. The molecule has 0 unspecified atom stereocenters. The minimum Gasteiger partial charge on any atom is -0.507 e. The first-order valence-electron chi connectivity index (χ1n) is 8.24. The molecular weight excluding hydrogens is 364 g/mol. The van der Waals surface area contributed by atoms with Crippen molar-refractivity contribution < 1.29 is 14.7 Å². The Labute approximate surface area is 160 Å². The van der Waals surface area contributed by atoms with Gasteiger partial charge in [0, 0.05) is 17.7 Å². The predicted octanol–water partition coefficient (Wildman–Crippen LogP) is 2.65. The van der Waals surface area contributed by atoms with Crippen LogP contribution in [0.5, 0.6) is 5.75 Å². The second-order valence-electron chi connectivity index (χ2n) is 5.92. The molecular formula is C19H18N4O3S. The Kier molecular flexibility index (Phi) is 5.87. The third-order valence-corrected chi connectivity index (χ3v) is 4.84. The van der Waals surface area contributed by atoms with Crippen molar-refractivity contribution in [3.63, 3.8) is 0 Å². The summed E-state index contributed by atoms with van der Waals surface area (Å²) < 4.78 is 0. The molecule has 0 radical (unpaired) electrons. The van der Waals surface area contributed by atoms with Gasteiger partial charge in [0.2, 0.25) is 11.8 Å². The summed E-state index contributed by atoms with van der Waals surface area (Å²) in [5, 5.41) is 22.6. The summed E-state index contributed by atoms with van der Waals surface area (Å²) in [5.41, 5.74) is 2.31. The molecule has 1 aliphatic rings. The van der Waals surface area contributed by atoms with Crippen LogP contribution in [0.4, 0.5) is 5.69 Å². The van der Waals surface area contributed by atoms with Gasteiger partial charge in [0.05, 0.1) is 6.21 Å². The summed E-state index contributed by atoms with van der Waals surface area (Å²) in [7, 11) is 0. The third-order valence-electron chi connectivity index (χ3n) is 3.76. The first-order chi connectivity index (χ1) is 13.0. The van der Waals surface area contributed by atoms with Crippen molar-refractivity contribution in [3.8, 4) is 5.75 Å². The Balaban J connectivity index is 1.56. The summed E-state index contributed by atoms with van der Waals surface area (Å²) >= 11 is 1.15. The quantitative estimate of drug-likeness (QED) is 0.546. The summed E-state index contributed by atoms with van der Waals surface area (Å²) in [4.78, 5) is 24.2. The molecule has 0 bridgehead atoms. The number of amides is 2. The first-order valence-corrected chi connectivity index (χ1v) is 9.12. The molecule has 138 valence electrons. The number of thioether (sulfide) groups is 1. The normalized spacial score (nSPS) is 18.0. The molecule has 27 heavy (non-hydrogen) atoms. The zero-order valence-corrected chi connectivity index (χ0v) is 15.4. The Morgan fingerprint density at radius 2 is 2.00 bits per heavy atom. The first kappa shape index (κ1) is 18.7. The van der Waals surface area contributed by atoms with Crippen molar-refractivity contribution in [2.45, 2.75) is 18.6 Å². The highest BCUT2D eigenvalue weighted by Crippen LogP contribution is 2.23. The van der Waals surface area contributed by atoms with Crippen molar-refractivity contribution in [1.82, 2.24) is 5.32 Å². The Morgan fingerprint density at radius 1 is 1.26 bits per heavy atom. The summed E-state index contributed by atoms with van der Waals surface area (Å²) in [6, 6.07) is 14.1. The van der Waals surface area contributed by atoms with Gasteiger partial charge in [-0.3, -0.25) is 9.59 Å². The predicted molar refractivity (Wildman–Crippen MR) is 107 cm³/mol. The van der Waals surface area contributed by atoms with Crippen LogP contribution in [-0.4, -0.2) is 33.6 Å². The second kappa shape index (κ2) is 8.50. The van der Waals surface area contributed by atoms with E-state index in [1.807, 2.05) is 31.2 Å². The van der Waals surface area contributed by atoms with E-state index >= 15 is 0 Å². The molecule has 1 atom stereocenters. The van der Waals surface area contributed by atoms with Gasteiger partial charge >= 0.3 is 0 Å². The van der Waals surface area contributed by atoms with E-state index < -0.39 is 5.25 Å². The van der Waals surface area contributed by atoms with E-state index in [1.54, 1.807) is 24.3 Å².